The molecular weight excluding hydrogens is 708 g/mol. The molecule has 2 nitrogen and oxygen atoms in total. The lowest BCUT2D eigenvalue weighted by atomic mass is 9.13. The van der Waals surface area contributed by atoms with Gasteiger partial charge in [-0.3, -0.25) is 0 Å². The van der Waals surface area contributed by atoms with Crippen molar-refractivity contribution >= 4 is 56.5 Å². The smallest absolute Gasteiger partial charge is 0.144 e. The zero-order valence-electron chi connectivity index (χ0n) is 32.8. The SMILES string of the molecule is CN1CCOCC1.c1ccc([B-](c2ccccc2)(c2ccccc2)c2ccccc2)cc1.c1ccc([P+](c2ccccc2)(c2ccccc2)c2ccccc2)cc1. The van der Waals surface area contributed by atoms with Crippen molar-refractivity contribution in [3.05, 3.63) is 243 Å². The summed E-state index contributed by atoms with van der Waals surface area (Å²) < 4.78 is 5.10. The Bertz CT molecular complexity index is 1820. The van der Waals surface area contributed by atoms with Gasteiger partial charge in [0.25, 0.3) is 0 Å². The van der Waals surface area contributed by atoms with Crippen molar-refractivity contribution in [2.45, 2.75) is 0 Å². The number of hydrogen-bond donors (Lipinski definition) is 0. The average Bonchev–Trinajstić information content (AvgIpc) is 3.31. The van der Waals surface area contributed by atoms with Crippen molar-refractivity contribution in [2.24, 2.45) is 0 Å². The molecule has 0 atom stereocenters. The van der Waals surface area contributed by atoms with Crippen LogP contribution in [0.1, 0.15) is 0 Å². The van der Waals surface area contributed by atoms with Crippen LogP contribution in [0.25, 0.3) is 0 Å². The van der Waals surface area contributed by atoms with E-state index in [-0.39, 0.29) is 0 Å². The number of ether oxygens (including phenoxy) is 1. The Balaban J connectivity index is 0.000000149. The first kappa shape index (κ1) is 39.4. The van der Waals surface area contributed by atoms with Gasteiger partial charge >= 0.3 is 0 Å². The third-order valence-electron chi connectivity index (χ3n) is 11.0. The van der Waals surface area contributed by atoms with Gasteiger partial charge in [0.1, 0.15) is 34.6 Å². The van der Waals surface area contributed by atoms with Gasteiger partial charge in [0.05, 0.1) is 13.2 Å². The van der Waals surface area contributed by atoms with Crippen LogP contribution in [0.4, 0.5) is 0 Å². The number of hydrogen-bond acceptors (Lipinski definition) is 2. The van der Waals surface area contributed by atoms with Crippen molar-refractivity contribution < 1.29 is 4.74 Å². The van der Waals surface area contributed by atoms with Crippen LogP contribution in [0.15, 0.2) is 243 Å². The molecule has 282 valence electrons. The second-order valence-electron chi connectivity index (χ2n) is 14.4. The summed E-state index contributed by atoms with van der Waals surface area (Å²) in [5.74, 6) is 0. The zero-order valence-corrected chi connectivity index (χ0v) is 33.7. The fourth-order valence-corrected chi connectivity index (χ4v) is 12.5. The van der Waals surface area contributed by atoms with E-state index in [1.54, 1.807) is 0 Å². The van der Waals surface area contributed by atoms with Gasteiger partial charge in [-0.1, -0.05) is 194 Å². The van der Waals surface area contributed by atoms with Gasteiger partial charge in [0, 0.05) is 13.1 Å². The lowest BCUT2D eigenvalue weighted by Crippen LogP contribution is -2.74. The first-order valence-corrected chi connectivity index (χ1v) is 21.8. The summed E-state index contributed by atoms with van der Waals surface area (Å²) in [7, 11) is 0.208. The van der Waals surface area contributed by atoms with E-state index in [4.69, 9.17) is 4.74 Å². The van der Waals surface area contributed by atoms with E-state index in [2.05, 4.69) is 255 Å². The highest BCUT2D eigenvalue weighted by Gasteiger charge is 2.47. The molecule has 0 bridgehead atoms. The minimum Gasteiger partial charge on any atom is -0.379 e. The second kappa shape index (κ2) is 19.9. The Labute approximate surface area is 340 Å². The lowest BCUT2D eigenvalue weighted by molar-refractivity contribution is 0.0503. The first-order chi connectivity index (χ1) is 28.2. The lowest BCUT2D eigenvalue weighted by Gasteiger charge is -2.44. The van der Waals surface area contributed by atoms with Gasteiger partial charge in [0.15, 0.2) is 0 Å². The maximum atomic E-state index is 5.10. The van der Waals surface area contributed by atoms with E-state index in [1.807, 2.05) is 0 Å². The molecule has 0 aromatic heterocycles. The third-order valence-corrected chi connectivity index (χ3v) is 15.3. The summed E-state index contributed by atoms with van der Waals surface area (Å²) in [5.41, 5.74) is 5.36. The van der Waals surface area contributed by atoms with Gasteiger partial charge in [-0.05, 0) is 55.6 Å². The second-order valence-corrected chi connectivity index (χ2v) is 17.8. The van der Waals surface area contributed by atoms with Crippen molar-refractivity contribution in [2.75, 3.05) is 33.4 Å². The number of rotatable bonds is 8. The molecule has 1 fully saturated rings. The molecule has 0 aliphatic carbocycles. The van der Waals surface area contributed by atoms with Crippen LogP contribution in [0.3, 0.4) is 0 Å². The summed E-state index contributed by atoms with van der Waals surface area (Å²) in [6.07, 6.45) is -1.22. The Morgan fingerprint density at radius 1 is 0.333 bits per heavy atom. The zero-order chi connectivity index (χ0) is 39.0. The molecule has 0 spiro atoms. The summed E-state index contributed by atoms with van der Waals surface area (Å²) in [6.45, 7) is 4.02. The Morgan fingerprint density at radius 3 is 0.737 bits per heavy atom. The number of nitrogens with zero attached hydrogens (tertiary/aromatic N) is 1. The Hall–Kier alpha value is -5.83. The molecule has 0 radical (unpaired) electrons. The Morgan fingerprint density at radius 2 is 0.544 bits per heavy atom. The molecule has 8 aromatic carbocycles. The van der Waals surface area contributed by atoms with E-state index in [9.17, 15) is 0 Å². The van der Waals surface area contributed by atoms with Crippen molar-refractivity contribution in [1.82, 2.24) is 4.90 Å². The van der Waals surface area contributed by atoms with Crippen LogP contribution >= 0.6 is 7.26 Å². The minimum atomic E-state index is -1.91. The van der Waals surface area contributed by atoms with Gasteiger partial charge < -0.3 is 9.64 Å². The molecule has 1 saturated heterocycles. The first-order valence-electron chi connectivity index (χ1n) is 20.0. The number of likely N-dealkylation sites (N-methyl/N-ethyl adjacent to an activating group) is 1. The predicted molar refractivity (Wildman–Crippen MR) is 250 cm³/mol. The van der Waals surface area contributed by atoms with Gasteiger partial charge in [0.2, 0.25) is 0 Å². The highest BCUT2D eigenvalue weighted by Crippen LogP contribution is 2.54. The van der Waals surface area contributed by atoms with E-state index >= 15 is 0 Å². The van der Waals surface area contributed by atoms with Crippen LogP contribution in [0.2, 0.25) is 0 Å². The highest BCUT2D eigenvalue weighted by atomic mass is 31.2. The van der Waals surface area contributed by atoms with E-state index in [1.165, 1.54) is 43.1 Å². The van der Waals surface area contributed by atoms with Crippen molar-refractivity contribution in [3.8, 4) is 0 Å². The van der Waals surface area contributed by atoms with E-state index in [0.29, 0.717) is 0 Å². The summed E-state index contributed by atoms with van der Waals surface area (Å²) in [4.78, 5) is 2.27. The predicted octanol–water partition coefficient (Wildman–Crippen LogP) is 7.32. The quantitative estimate of drug-likeness (QED) is 0.119. The topological polar surface area (TPSA) is 12.5 Å². The molecule has 8 aromatic rings. The van der Waals surface area contributed by atoms with Gasteiger partial charge in [-0.15, -0.1) is 0 Å². The van der Waals surface area contributed by atoms with Gasteiger partial charge in [-0.2, -0.15) is 21.9 Å². The van der Waals surface area contributed by atoms with Gasteiger partial charge in [-0.25, -0.2) is 0 Å². The van der Waals surface area contributed by atoms with E-state index in [0.717, 1.165) is 26.3 Å². The van der Waals surface area contributed by atoms with Crippen molar-refractivity contribution in [3.63, 3.8) is 0 Å². The summed E-state index contributed by atoms with van der Waals surface area (Å²) in [6, 6.07) is 87.4. The van der Waals surface area contributed by atoms with Crippen LogP contribution < -0.4 is 43.1 Å². The molecule has 57 heavy (non-hydrogen) atoms. The third kappa shape index (κ3) is 8.93. The molecule has 9 rings (SSSR count). The maximum absolute atomic E-state index is 5.10. The molecular formula is C53H51BNOP. The summed E-state index contributed by atoms with van der Waals surface area (Å²) >= 11 is 0. The van der Waals surface area contributed by atoms with E-state index < -0.39 is 13.4 Å². The summed E-state index contributed by atoms with van der Waals surface area (Å²) in [5, 5.41) is 5.55. The standard InChI is InChI=1S/C24H20B.C24H20P.C5H11NO/c2*1-5-13-21(14-6-1)25(22-15-7-2-8-16-22,23-17-9-3-10-18-23)24-19-11-4-12-20-24;1-6-2-4-7-5-3-6/h2*1-20H;2-5H2,1H3/q-1;+1;. The number of morpholine rings is 1. The maximum Gasteiger partial charge on any atom is 0.144 e. The molecule has 0 N–H and O–H groups in total. The molecule has 0 unspecified atom stereocenters. The largest absolute Gasteiger partial charge is 0.379 e. The van der Waals surface area contributed by atoms with Crippen LogP contribution in [-0.2, 0) is 4.74 Å². The normalized spacial score (nSPS) is 12.9. The fraction of sp³-hybridized carbons (Fsp3) is 0.0943. The Kier molecular flexibility index (Phi) is 13.7. The van der Waals surface area contributed by atoms with Crippen LogP contribution in [0, 0.1) is 0 Å². The average molecular weight is 760 g/mol. The van der Waals surface area contributed by atoms with Crippen LogP contribution in [-0.4, -0.2) is 44.4 Å². The molecule has 1 heterocycles. The molecule has 0 saturated carbocycles. The van der Waals surface area contributed by atoms with Crippen molar-refractivity contribution in [1.29, 1.82) is 0 Å². The molecule has 4 heteroatoms. The minimum absolute atomic E-state index is 0.913. The molecule has 0 amide bonds. The molecule has 1 aliphatic heterocycles. The fourth-order valence-electron chi connectivity index (χ4n) is 8.28. The highest BCUT2D eigenvalue weighted by molar-refractivity contribution is 8.01. The number of benzene rings is 8. The monoisotopic (exact) mass is 759 g/mol. The molecule has 1 aliphatic rings. The van der Waals surface area contributed by atoms with Crippen LogP contribution in [0.5, 0.6) is 0 Å².